The molecule has 0 aliphatic rings. The maximum Gasteiger partial charge on any atom is 0.128 e. The van der Waals surface area contributed by atoms with Gasteiger partial charge in [-0.25, -0.2) is 4.39 Å². The van der Waals surface area contributed by atoms with Crippen LogP contribution in [0, 0.1) is 12.7 Å². The summed E-state index contributed by atoms with van der Waals surface area (Å²) < 4.78 is 16.7. The summed E-state index contributed by atoms with van der Waals surface area (Å²) in [6, 6.07) is 6.77. The van der Waals surface area contributed by atoms with Crippen molar-refractivity contribution >= 4 is 15.9 Å². The topological polar surface area (TPSA) is 29.9 Å². The number of hydrogen-bond donors (Lipinski definition) is 1. The van der Waals surface area contributed by atoms with Gasteiger partial charge in [-0.05, 0) is 37.7 Å². The monoisotopic (exact) mass is 325 g/mol. The second-order valence-corrected chi connectivity index (χ2v) is 5.41. The van der Waals surface area contributed by atoms with E-state index in [2.05, 4.69) is 26.3 Å². The Balaban J connectivity index is 2.51. The van der Waals surface area contributed by atoms with E-state index in [4.69, 9.17) is 0 Å². The van der Waals surface area contributed by atoms with Gasteiger partial charge in [0.25, 0.3) is 0 Å². The van der Waals surface area contributed by atoms with Gasteiger partial charge in [0.1, 0.15) is 5.82 Å². The lowest BCUT2D eigenvalue weighted by atomic mass is 10.0. The first-order valence-electron chi connectivity index (χ1n) is 6.21. The van der Waals surface area contributed by atoms with E-state index in [1.54, 1.807) is 10.7 Å². The summed E-state index contributed by atoms with van der Waals surface area (Å²) >= 11 is 3.40. The molecule has 5 heteroatoms. The standard InChI is InChI=1S/C14H17BrFN3/c1-4-17-14(13-7-9(2)18-19(13)3)11-8-10(15)5-6-12(11)16/h5-8,14,17H,4H2,1-3H3. The molecule has 1 unspecified atom stereocenters. The SMILES string of the molecule is CCNC(c1cc(Br)ccc1F)c1cc(C)nn1C. The normalized spacial score (nSPS) is 12.7. The van der Waals surface area contributed by atoms with Gasteiger partial charge < -0.3 is 5.32 Å². The number of rotatable bonds is 4. The highest BCUT2D eigenvalue weighted by atomic mass is 79.9. The summed E-state index contributed by atoms with van der Waals surface area (Å²) in [5.74, 6) is -0.215. The maximum atomic E-state index is 14.1. The lowest BCUT2D eigenvalue weighted by molar-refractivity contribution is 0.531. The van der Waals surface area contributed by atoms with Gasteiger partial charge in [0.2, 0.25) is 0 Å². The van der Waals surface area contributed by atoms with E-state index in [9.17, 15) is 4.39 Å². The Hall–Kier alpha value is -1.20. The van der Waals surface area contributed by atoms with Crippen LogP contribution in [0.5, 0.6) is 0 Å². The zero-order valence-electron chi connectivity index (χ0n) is 11.2. The lowest BCUT2D eigenvalue weighted by Crippen LogP contribution is -2.25. The van der Waals surface area contributed by atoms with Crippen LogP contribution in [0.2, 0.25) is 0 Å². The zero-order valence-corrected chi connectivity index (χ0v) is 12.8. The molecule has 0 bridgehead atoms. The average Bonchev–Trinajstić information content (AvgIpc) is 2.69. The summed E-state index contributed by atoms with van der Waals surface area (Å²) in [7, 11) is 1.88. The van der Waals surface area contributed by atoms with Gasteiger partial charge in [-0.3, -0.25) is 4.68 Å². The maximum absolute atomic E-state index is 14.1. The smallest absolute Gasteiger partial charge is 0.128 e. The van der Waals surface area contributed by atoms with E-state index in [0.717, 1.165) is 22.4 Å². The van der Waals surface area contributed by atoms with Gasteiger partial charge in [0.05, 0.1) is 17.4 Å². The van der Waals surface area contributed by atoms with Crippen molar-refractivity contribution in [2.24, 2.45) is 7.05 Å². The van der Waals surface area contributed by atoms with Crippen molar-refractivity contribution in [2.75, 3.05) is 6.54 Å². The van der Waals surface area contributed by atoms with Crippen LogP contribution >= 0.6 is 15.9 Å². The molecule has 1 N–H and O–H groups in total. The molecule has 19 heavy (non-hydrogen) atoms. The van der Waals surface area contributed by atoms with Crippen molar-refractivity contribution in [2.45, 2.75) is 19.9 Å². The van der Waals surface area contributed by atoms with Gasteiger partial charge in [-0.15, -0.1) is 0 Å². The Morgan fingerprint density at radius 1 is 1.42 bits per heavy atom. The summed E-state index contributed by atoms with van der Waals surface area (Å²) in [6.07, 6.45) is 0. The lowest BCUT2D eigenvalue weighted by Gasteiger charge is -2.19. The number of aryl methyl sites for hydroxylation is 2. The molecule has 0 aliphatic carbocycles. The largest absolute Gasteiger partial charge is 0.305 e. The molecule has 2 aromatic rings. The Bertz CT molecular complexity index is 580. The molecular formula is C14H17BrFN3. The van der Waals surface area contributed by atoms with Crippen LogP contribution in [-0.2, 0) is 7.05 Å². The molecular weight excluding hydrogens is 309 g/mol. The second-order valence-electron chi connectivity index (χ2n) is 4.49. The van der Waals surface area contributed by atoms with E-state index < -0.39 is 0 Å². The van der Waals surface area contributed by atoms with Crippen LogP contribution in [0.3, 0.4) is 0 Å². The van der Waals surface area contributed by atoms with E-state index in [-0.39, 0.29) is 11.9 Å². The minimum Gasteiger partial charge on any atom is -0.305 e. The van der Waals surface area contributed by atoms with Crippen molar-refractivity contribution in [3.05, 3.63) is 51.5 Å². The first-order valence-corrected chi connectivity index (χ1v) is 7.01. The minimum atomic E-state index is -0.215. The Labute approximate surface area is 121 Å². The molecule has 3 nitrogen and oxygen atoms in total. The molecule has 1 aromatic carbocycles. The number of nitrogens with one attached hydrogen (secondary N) is 1. The summed E-state index contributed by atoms with van der Waals surface area (Å²) in [5, 5.41) is 7.65. The molecule has 0 saturated heterocycles. The first kappa shape index (κ1) is 14.2. The molecule has 1 heterocycles. The molecule has 1 atom stereocenters. The highest BCUT2D eigenvalue weighted by molar-refractivity contribution is 9.10. The van der Waals surface area contributed by atoms with Crippen LogP contribution in [0.25, 0.3) is 0 Å². The fraction of sp³-hybridized carbons (Fsp3) is 0.357. The van der Waals surface area contributed by atoms with Crippen LogP contribution in [-0.4, -0.2) is 16.3 Å². The number of nitrogens with zero attached hydrogens (tertiary/aromatic N) is 2. The van der Waals surface area contributed by atoms with Crippen molar-refractivity contribution < 1.29 is 4.39 Å². The zero-order chi connectivity index (χ0) is 14.0. The predicted molar refractivity (Wildman–Crippen MR) is 77.6 cm³/mol. The van der Waals surface area contributed by atoms with E-state index in [1.807, 2.05) is 33.0 Å². The molecule has 0 amide bonds. The minimum absolute atomic E-state index is 0.200. The highest BCUT2D eigenvalue weighted by Gasteiger charge is 2.20. The molecule has 0 saturated carbocycles. The van der Waals surface area contributed by atoms with Crippen LogP contribution in [0.1, 0.15) is 29.9 Å². The molecule has 102 valence electrons. The van der Waals surface area contributed by atoms with Crippen molar-refractivity contribution in [1.29, 1.82) is 0 Å². The summed E-state index contributed by atoms with van der Waals surface area (Å²) in [6.45, 7) is 4.69. The van der Waals surface area contributed by atoms with Gasteiger partial charge >= 0.3 is 0 Å². The Morgan fingerprint density at radius 3 is 2.74 bits per heavy atom. The predicted octanol–water partition coefficient (Wildman–Crippen LogP) is 3.33. The molecule has 1 aromatic heterocycles. The van der Waals surface area contributed by atoms with E-state index >= 15 is 0 Å². The Morgan fingerprint density at radius 2 is 2.16 bits per heavy atom. The second kappa shape index (κ2) is 5.84. The quantitative estimate of drug-likeness (QED) is 0.934. The third-order valence-corrected chi connectivity index (χ3v) is 3.50. The fourth-order valence-corrected chi connectivity index (χ4v) is 2.59. The summed E-state index contributed by atoms with van der Waals surface area (Å²) in [4.78, 5) is 0. The van der Waals surface area contributed by atoms with Gasteiger partial charge in [-0.2, -0.15) is 5.10 Å². The highest BCUT2D eigenvalue weighted by Crippen LogP contribution is 2.27. The molecule has 0 fully saturated rings. The molecule has 0 radical (unpaired) electrons. The van der Waals surface area contributed by atoms with Crippen molar-refractivity contribution in [3.63, 3.8) is 0 Å². The van der Waals surface area contributed by atoms with E-state index in [1.165, 1.54) is 6.07 Å². The third kappa shape index (κ3) is 3.04. The number of halogens is 2. The molecule has 0 spiro atoms. The first-order chi connectivity index (χ1) is 9.02. The fourth-order valence-electron chi connectivity index (χ4n) is 2.21. The van der Waals surface area contributed by atoms with Crippen LogP contribution < -0.4 is 5.32 Å². The number of benzene rings is 1. The number of hydrogen-bond acceptors (Lipinski definition) is 2. The third-order valence-electron chi connectivity index (χ3n) is 3.01. The van der Waals surface area contributed by atoms with Gasteiger partial charge in [-0.1, -0.05) is 22.9 Å². The van der Waals surface area contributed by atoms with Crippen LogP contribution in [0.15, 0.2) is 28.7 Å². The van der Waals surface area contributed by atoms with Crippen LogP contribution in [0.4, 0.5) is 4.39 Å². The van der Waals surface area contributed by atoms with Gasteiger partial charge in [0.15, 0.2) is 0 Å². The molecule has 2 rings (SSSR count). The van der Waals surface area contributed by atoms with Crippen molar-refractivity contribution in [3.8, 4) is 0 Å². The molecule has 0 aliphatic heterocycles. The average molecular weight is 326 g/mol. The summed E-state index contributed by atoms with van der Waals surface area (Å²) in [5.41, 5.74) is 2.51. The van der Waals surface area contributed by atoms with E-state index in [0.29, 0.717) is 5.56 Å². The Kier molecular flexibility index (Phi) is 4.37. The number of aromatic nitrogens is 2. The van der Waals surface area contributed by atoms with Gasteiger partial charge in [0, 0.05) is 17.1 Å². The van der Waals surface area contributed by atoms with Crippen molar-refractivity contribution in [1.82, 2.24) is 15.1 Å².